The number of furan rings is 1. The fourth-order valence-electron chi connectivity index (χ4n) is 3.46. The summed E-state index contributed by atoms with van der Waals surface area (Å²) in [5.41, 5.74) is 1.56. The van der Waals surface area contributed by atoms with Crippen molar-refractivity contribution in [3.8, 4) is 22.7 Å². The van der Waals surface area contributed by atoms with Crippen LogP contribution in [0.3, 0.4) is 0 Å². The maximum Gasteiger partial charge on any atom is 0.260 e. The van der Waals surface area contributed by atoms with Crippen LogP contribution in [0.5, 0.6) is 0 Å². The smallest absolute Gasteiger partial charge is 0.260 e. The summed E-state index contributed by atoms with van der Waals surface area (Å²) < 4.78 is 7.48. The standard InChI is InChI=1S/C23H19N5O2S2/c1-3-11-28-20(15-8-5-4-6-9-15)26-27-23(28)32-14(2)19-24-21(29)18-16(13-31-22(18)25-19)17-10-7-12-30-17/h3-10,12-14H,1,11H2,2H3,(H,24,25,29). The van der Waals surface area contributed by atoms with Crippen molar-refractivity contribution >= 4 is 33.3 Å². The summed E-state index contributed by atoms with van der Waals surface area (Å²) in [4.78, 5) is 21.3. The van der Waals surface area contributed by atoms with Crippen LogP contribution in [-0.2, 0) is 6.54 Å². The highest BCUT2D eigenvalue weighted by molar-refractivity contribution is 7.99. The van der Waals surface area contributed by atoms with Crippen LogP contribution in [0.1, 0.15) is 18.0 Å². The molecule has 4 aromatic heterocycles. The average molecular weight is 462 g/mol. The van der Waals surface area contributed by atoms with Crippen LogP contribution in [-0.4, -0.2) is 24.7 Å². The van der Waals surface area contributed by atoms with Gasteiger partial charge in [-0.05, 0) is 19.1 Å². The summed E-state index contributed by atoms with van der Waals surface area (Å²) in [5, 5.41) is 11.8. The molecule has 1 N–H and O–H groups in total. The van der Waals surface area contributed by atoms with E-state index < -0.39 is 0 Å². The Morgan fingerprint density at radius 3 is 2.84 bits per heavy atom. The molecule has 0 bridgehead atoms. The van der Waals surface area contributed by atoms with Gasteiger partial charge in [-0.3, -0.25) is 9.36 Å². The number of nitrogens with one attached hydrogen (secondary N) is 1. The number of thiophene rings is 1. The largest absolute Gasteiger partial charge is 0.464 e. The van der Waals surface area contributed by atoms with Gasteiger partial charge in [0.25, 0.3) is 5.56 Å². The lowest BCUT2D eigenvalue weighted by molar-refractivity contribution is 0.583. The number of allylic oxidation sites excluding steroid dienone is 1. The number of hydrogen-bond donors (Lipinski definition) is 1. The van der Waals surface area contributed by atoms with Crippen molar-refractivity contribution in [3.63, 3.8) is 0 Å². The van der Waals surface area contributed by atoms with E-state index in [2.05, 4.69) is 21.8 Å². The van der Waals surface area contributed by atoms with Crippen molar-refractivity contribution in [3.05, 3.63) is 82.9 Å². The lowest BCUT2D eigenvalue weighted by Gasteiger charge is -2.12. The fraction of sp³-hybridized carbons (Fsp3) is 0.130. The van der Waals surface area contributed by atoms with E-state index in [-0.39, 0.29) is 10.8 Å². The van der Waals surface area contributed by atoms with E-state index in [0.717, 1.165) is 22.1 Å². The van der Waals surface area contributed by atoms with Crippen molar-refractivity contribution in [2.75, 3.05) is 0 Å². The molecule has 0 aliphatic heterocycles. The SMILES string of the molecule is C=CCn1c(SC(C)c2nc3scc(-c4ccco4)c3c(=O)[nH]2)nnc1-c1ccccc1. The molecule has 0 aliphatic carbocycles. The number of H-pyrrole nitrogens is 1. The van der Waals surface area contributed by atoms with Gasteiger partial charge in [0, 0.05) is 23.1 Å². The van der Waals surface area contributed by atoms with E-state index in [9.17, 15) is 4.79 Å². The Balaban J connectivity index is 1.48. The molecular formula is C23H19N5O2S2. The number of rotatable bonds is 7. The maximum absolute atomic E-state index is 12.9. The predicted octanol–water partition coefficient (Wildman–Crippen LogP) is 5.54. The molecule has 9 heteroatoms. The number of nitrogens with zero attached hydrogens (tertiary/aromatic N) is 4. The molecule has 5 rings (SSSR count). The lowest BCUT2D eigenvalue weighted by atomic mass is 10.2. The Morgan fingerprint density at radius 2 is 2.09 bits per heavy atom. The molecule has 5 aromatic rings. The van der Waals surface area contributed by atoms with Crippen LogP contribution in [0.2, 0.25) is 0 Å². The number of aromatic nitrogens is 5. The molecule has 0 aliphatic rings. The zero-order valence-corrected chi connectivity index (χ0v) is 18.8. The maximum atomic E-state index is 12.9. The highest BCUT2D eigenvalue weighted by Gasteiger charge is 2.21. The molecule has 0 saturated heterocycles. The summed E-state index contributed by atoms with van der Waals surface area (Å²) in [6.07, 6.45) is 3.41. The van der Waals surface area contributed by atoms with Gasteiger partial charge in [0.05, 0.1) is 16.9 Å². The lowest BCUT2D eigenvalue weighted by Crippen LogP contribution is -2.12. The van der Waals surface area contributed by atoms with E-state index in [0.29, 0.717) is 28.3 Å². The Bertz CT molecular complexity index is 1430. The van der Waals surface area contributed by atoms with Crippen LogP contribution < -0.4 is 5.56 Å². The molecule has 160 valence electrons. The van der Waals surface area contributed by atoms with E-state index in [1.54, 1.807) is 12.3 Å². The van der Waals surface area contributed by atoms with Crippen molar-refractivity contribution in [1.29, 1.82) is 0 Å². The van der Waals surface area contributed by atoms with Crippen molar-refractivity contribution in [2.45, 2.75) is 23.9 Å². The van der Waals surface area contributed by atoms with Crippen LogP contribution in [0.4, 0.5) is 0 Å². The van der Waals surface area contributed by atoms with Gasteiger partial charge in [-0.15, -0.1) is 28.1 Å². The monoisotopic (exact) mass is 461 g/mol. The Morgan fingerprint density at radius 1 is 1.25 bits per heavy atom. The molecule has 4 heterocycles. The second-order valence-electron chi connectivity index (χ2n) is 7.09. The minimum Gasteiger partial charge on any atom is -0.464 e. The molecule has 0 spiro atoms. The first-order valence-corrected chi connectivity index (χ1v) is 11.7. The number of hydrogen-bond acceptors (Lipinski definition) is 7. The summed E-state index contributed by atoms with van der Waals surface area (Å²) in [6.45, 7) is 6.43. The second kappa shape index (κ2) is 8.60. The van der Waals surface area contributed by atoms with Gasteiger partial charge in [-0.2, -0.15) is 0 Å². The minimum atomic E-state index is -0.178. The van der Waals surface area contributed by atoms with Gasteiger partial charge < -0.3 is 9.40 Å². The molecule has 7 nitrogen and oxygen atoms in total. The van der Waals surface area contributed by atoms with Gasteiger partial charge in [0.1, 0.15) is 16.4 Å². The van der Waals surface area contributed by atoms with Crippen LogP contribution >= 0.6 is 23.1 Å². The molecule has 1 atom stereocenters. The summed E-state index contributed by atoms with van der Waals surface area (Å²) in [5.74, 6) is 2.03. The van der Waals surface area contributed by atoms with E-state index in [1.807, 2.05) is 59.3 Å². The number of fused-ring (bicyclic) bond motifs is 1. The number of aromatic amines is 1. The third kappa shape index (κ3) is 3.69. The highest BCUT2D eigenvalue weighted by atomic mass is 32.2. The fourth-order valence-corrected chi connectivity index (χ4v) is 5.31. The zero-order valence-electron chi connectivity index (χ0n) is 17.2. The quantitative estimate of drug-likeness (QED) is 0.253. The molecule has 0 saturated carbocycles. The van der Waals surface area contributed by atoms with E-state index in [4.69, 9.17) is 9.40 Å². The molecule has 0 amide bonds. The van der Waals surface area contributed by atoms with Gasteiger partial charge in [0.15, 0.2) is 11.0 Å². The zero-order chi connectivity index (χ0) is 22.1. The molecule has 1 unspecified atom stereocenters. The topological polar surface area (TPSA) is 89.6 Å². The van der Waals surface area contributed by atoms with Crippen LogP contribution in [0.15, 0.2) is 81.1 Å². The van der Waals surface area contributed by atoms with E-state index >= 15 is 0 Å². The first kappa shape index (κ1) is 20.5. The molecule has 0 radical (unpaired) electrons. The van der Waals surface area contributed by atoms with Crippen molar-refractivity contribution in [1.82, 2.24) is 24.7 Å². The molecule has 32 heavy (non-hydrogen) atoms. The number of benzene rings is 1. The Hall–Kier alpha value is -3.43. The molecule has 0 fully saturated rings. The van der Waals surface area contributed by atoms with Crippen molar-refractivity contribution < 1.29 is 4.42 Å². The summed E-state index contributed by atoms with van der Waals surface area (Å²) in [7, 11) is 0. The average Bonchev–Trinajstić information content (AvgIpc) is 3.55. The minimum absolute atomic E-state index is 0.141. The second-order valence-corrected chi connectivity index (χ2v) is 9.26. The predicted molar refractivity (Wildman–Crippen MR) is 128 cm³/mol. The van der Waals surface area contributed by atoms with Gasteiger partial charge >= 0.3 is 0 Å². The van der Waals surface area contributed by atoms with Crippen LogP contribution in [0, 0.1) is 0 Å². The Labute approximate surface area is 191 Å². The third-order valence-corrected chi connectivity index (χ3v) is 6.94. The first-order chi connectivity index (χ1) is 15.7. The highest BCUT2D eigenvalue weighted by Crippen LogP contribution is 2.36. The van der Waals surface area contributed by atoms with Crippen molar-refractivity contribution in [2.24, 2.45) is 0 Å². The van der Waals surface area contributed by atoms with E-state index in [1.165, 1.54) is 23.1 Å². The summed E-state index contributed by atoms with van der Waals surface area (Å²) >= 11 is 2.93. The normalized spacial score (nSPS) is 12.3. The molecule has 1 aromatic carbocycles. The third-order valence-electron chi connectivity index (χ3n) is 4.98. The van der Waals surface area contributed by atoms with Crippen LogP contribution in [0.25, 0.3) is 32.9 Å². The number of thioether (sulfide) groups is 1. The summed E-state index contributed by atoms with van der Waals surface area (Å²) in [6, 6.07) is 13.6. The van der Waals surface area contributed by atoms with Gasteiger partial charge in [-0.25, -0.2) is 4.98 Å². The van der Waals surface area contributed by atoms with Gasteiger partial charge in [-0.1, -0.05) is 48.2 Å². The molecular weight excluding hydrogens is 442 g/mol. The Kier molecular flexibility index (Phi) is 5.50. The first-order valence-electron chi connectivity index (χ1n) is 9.97. The van der Waals surface area contributed by atoms with Gasteiger partial charge in [0.2, 0.25) is 0 Å².